The molecule has 6 nitrogen and oxygen atoms in total. The molecule has 0 spiro atoms. The van der Waals surface area contributed by atoms with Crippen LogP contribution in [0, 0.1) is 5.82 Å². The summed E-state index contributed by atoms with van der Waals surface area (Å²) in [5.41, 5.74) is 1.51. The monoisotopic (exact) mass is 346 g/mol. The van der Waals surface area contributed by atoms with Gasteiger partial charge in [-0.2, -0.15) is 0 Å². The maximum absolute atomic E-state index is 14.0. The van der Waals surface area contributed by atoms with Crippen LogP contribution in [-0.4, -0.2) is 36.3 Å². The fourth-order valence-corrected chi connectivity index (χ4v) is 2.82. The smallest absolute Gasteiger partial charge is 0.213 e. The topological polar surface area (TPSA) is 68.3 Å². The molecule has 0 saturated carbocycles. The van der Waals surface area contributed by atoms with E-state index in [4.69, 9.17) is 9.47 Å². The molecule has 2 atom stereocenters. The van der Waals surface area contributed by atoms with Gasteiger partial charge in [0.05, 0.1) is 19.5 Å². The number of hydrogen-bond donors (Lipinski definition) is 2. The largest absolute Gasteiger partial charge is 0.487 e. The summed E-state index contributed by atoms with van der Waals surface area (Å²) in [6, 6.07) is 3.33. The molecule has 1 fully saturated rings. The Kier molecular flexibility index (Phi) is 5.78. The molecule has 134 valence electrons. The lowest BCUT2D eigenvalue weighted by Gasteiger charge is -2.19. The quantitative estimate of drug-likeness (QED) is 0.801. The summed E-state index contributed by atoms with van der Waals surface area (Å²) < 4.78 is 25.1. The minimum Gasteiger partial charge on any atom is -0.487 e. The summed E-state index contributed by atoms with van der Waals surface area (Å²) in [6.07, 6.45) is 5.80. The lowest BCUT2D eigenvalue weighted by Crippen LogP contribution is -2.23. The van der Waals surface area contributed by atoms with Crippen molar-refractivity contribution in [2.45, 2.75) is 32.0 Å². The first-order valence-corrected chi connectivity index (χ1v) is 8.40. The molecule has 1 saturated heterocycles. The Morgan fingerprint density at radius 2 is 2.32 bits per heavy atom. The van der Waals surface area contributed by atoms with Gasteiger partial charge in [0.2, 0.25) is 5.88 Å². The zero-order valence-electron chi connectivity index (χ0n) is 14.5. The molecule has 0 radical (unpaired) electrons. The molecule has 1 unspecified atom stereocenters. The van der Waals surface area contributed by atoms with Gasteiger partial charge < -0.3 is 20.1 Å². The Labute approximate surface area is 146 Å². The van der Waals surface area contributed by atoms with Gasteiger partial charge in [-0.3, -0.25) is 4.98 Å². The molecular weight excluding hydrogens is 323 g/mol. The van der Waals surface area contributed by atoms with Crippen LogP contribution in [0.25, 0.3) is 0 Å². The zero-order chi connectivity index (χ0) is 17.6. The third-order valence-corrected chi connectivity index (χ3v) is 4.31. The van der Waals surface area contributed by atoms with E-state index in [0.29, 0.717) is 18.0 Å². The Morgan fingerprint density at radius 3 is 3.08 bits per heavy atom. The highest BCUT2D eigenvalue weighted by Gasteiger charge is 2.18. The van der Waals surface area contributed by atoms with Crippen LogP contribution in [0.4, 0.5) is 4.39 Å². The average molecular weight is 346 g/mol. The normalized spacial score (nSPS) is 18.1. The number of nitrogens with zero attached hydrogens (tertiary/aromatic N) is 2. The van der Waals surface area contributed by atoms with E-state index < -0.39 is 0 Å². The van der Waals surface area contributed by atoms with Crippen LogP contribution in [0.15, 0.2) is 30.7 Å². The standard InChI is InChI=1S/C18H23FN4O2/c1-12(15-7-18(24-2)23-10-16(15)19)22-8-13-3-5-21-11-17(13)25-14-4-6-20-9-14/h3,5,7,10-12,14,20,22H,4,6,8-9H2,1-2H3/t12?,14-/m0/s1. The molecule has 25 heavy (non-hydrogen) atoms. The van der Waals surface area contributed by atoms with Crippen LogP contribution >= 0.6 is 0 Å². The van der Waals surface area contributed by atoms with E-state index in [1.54, 1.807) is 18.5 Å². The number of aromatic nitrogens is 2. The van der Waals surface area contributed by atoms with Crippen molar-refractivity contribution in [2.75, 3.05) is 20.2 Å². The number of halogens is 1. The first kappa shape index (κ1) is 17.6. The third kappa shape index (κ3) is 4.43. The van der Waals surface area contributed by atoms with Gasteiger partial charge in [-0.1, -0.05) is 0 Å². The van der Waals surface area contributed by atoms with Gasteiger partial charge in [0.15, 0.2) is 0 Å². The maximum Gasteiger partial charge on any atom is 0.213 e. The Bertz CT molecular complexity index is 707. The molecule has 2 aromatic rings. The predicted molar refractivity (Wildman–Crippen MR) is 92.1 cm³/mol. The molecule has 2 aromatic heterocycles. The van der Waals surface area contributed by atoms with Crippen molar-refractivity contribution in [3.05, 3.63) is 47.7 Å². The van der Waals surface area contributed by atoms with E-state index in [1.807, 2.05) is 13.0 Å². The molecule has 0 aliphatic carbocycles. The molecule has 7 heteroatoms. The molecule has 1 aliphatic rings. The molecule has 2 N–H and O–H groups in total. The summed E-state index contributed by atoms with van der Waals surface area (Å²) in [5.74, 6) is 0.805. The van der Waals surface area contributed by atoms with E-state index in [0.717, 1.165) is 30.8 Å². The second kappa shape index (κ2) is 8.22. The van der Waals surface area contributed by atoms with Gasteiger partial charge in [-0.15, -0.1) is 0 Å². The van der Waals surface area contributed by atoms with E-state index in [2.05, 4.69) is 20.6 Å². The summed E-state index contributed by atoms with van der Waals surface area (Å²) in [4.78, 5) is 8.02. The average Bonchev–Trinajstić information content (AvgIpc) is 3.14. The van der Waals surface area contributed by atoms with Gasteiger partial charge in [-0.25, -0.2) is 9.37 Å². The summed E-state index contributed by atoms with van der Waals surface area (Å²) in [6.45, 7) is 4.27. The predicted octanol–water partition coefficient (Wildman–Crippen LogP) is 2.22. The molecular formula is C18H23FN4O2. The number of rotatable bonds is 7. The highest BCUT2D eigenvalue weighted by Crippen LogP contribution is 2.23. The van der Waals surface area contributed by atoms with Gasteiger partial charge in [0.1, 0.15) is 17.7 Å². The Balaban J connectivity index is 1.67. The molecule has 0 amide bonds. The SMILES string of the molecule is COc1cc(C(C)NCc2ccncc2O[C@H]2CCNC2)c(F)cn1. The highest BCUT2D eigenvalue weighted by atomic mass is 19.1. The van der Waals surface area contributed by atoms with Crippen molar-refractivity contribution in [1.29, 1.82) is 0 Å². The van der Waals surface area contributed by atoms with Crippen LogP contribution < -0.4 is 20.1 Å². The lowest BCUT2D eigenvalue weighted by atomic mass is 10.1. The van der Waals surface area contributed by atoms with Gasteiger partial charge in [-0.05, 0) is 26.0 Å². The van der Waals surface area contributed by atoms with E-state index in [1.165, 1.54) is 13.3 Å². The van der Waals surface area contributed by atoms with Gasteiger partial charge in [0, 0.05) is 42.5 Å². The molecule has 3 heterocycles. The second-order valence-electron chi connectivity index (χ2n) is 6.07. The fraction of sp³-hybridized carbons (Fsp3) is 0.444. The van der Waals surface area contributed by atoms with Crippen molar-refractivity contribution in [2.24, 2.45) is 0 Å². The van der Waals surface area contributed by atoms with Crippen LogP contribution in [0.2, 0.25) is 0 Å². The Hall–Kier alpha value is -2.25. The van der Waals surface area contributed by atoms with Gasteiger partial charge in [0.25, 0.3) is 0 Å². The summed E-state index contributed by atoms with van der Waals surface area (Å²) in [7, 11) is 1.51. The van der Waals surface area contributed by atoms with Gasteiger partial charge >= 0.3 is 0 Å². The van der Waals surface area contributed by atoms with Crippen molar-refractivity contribution < 1.29 is 13.9 Å². The molecule has 3 rings (SSSR count). The van der Waals surface area contributed by atoms with Crippen LogP contribution in [0.5, 0.6) is 11.6 Å². The summed E-state index contributed by atoms with van der Waals surface area (Å²) in [5, 5.41) is 6.61. The molecule has 0 aromatic carbocycles. The van der Waals surface area contributed by atoms with Crippen LogP contribution in [0.3, 0.4) is 0 Å². The number of hydrogen-bond acceptors (Lipinski definition) is 6. The zero-order valence-corrected chi connectivity index (χ0v) is 14.5. The first-order chi connectivity index (χ1) is 12.2. The first-order valence-electron chi connectivity index (χ1n) is 8.40. The number of methoxy groups -OCH3 is 1. The highest BCUT2D eigenvalue weighted by molar-refractivity contribution is 5.31. The fourth-order valence-electron chi connectivity index (χ4n) is 2.82. The third-order valence-electron chi connectivity index (χ3n) is 4.31. The molecule has 0 bridgehead atoms. The summed E-state index contributed by atoms with van der Waals surface area (Å²) >= 11 is 0. The number of ether oxygens (including phenoxy) is 2. The molecule has 1 aliphatic heterocycles. The van der Waals surface area contributed by atoms with Crippen LogP contribution in [0.1, 0.15) is 30.5 Å². The van der Waals surface area contributed by atoms with E-state index >= 15 is 0 Å². The van der Waals surface area contributed by atoms with Crippen molar-refractivity contribution >= 4 is 0 Å². The number of nitrogens with one attached hydrogen (secondary N) is 2. The van der Waals surface area contributed by atoms with Crippen molar-refractivity contribution in [3.63, 3.8) is 0 Å². The van der Waals surface area contributed by atoms with Crippen LogP contribution in [-0.2, 0) is 6.54 Å². The number of pyridine rings is 2. The Morgan fingerprint density at radius 1 is 1.44 bits per heavy atom. The van der Waals surface area contributed by atoms with E-state index in [-0.39, 0.29) is 18.0 Å². The minimum atomic E-state index is -0.357. The van der Waals surface area contributed by atoms with E-state index in [9.17, 15) is 4.39 Å². The minimum absolute atomic E-state index is 0.169. The second-order valence-corrected chi connectivity index (χ2v) is 6.07. The lowest BCUT2D eigenvalue weighted by molar-refractivity contribution is 0.219. The van der Waals surface area contributed by atoms with Crippen molar-refractivity contribution in [1.82, 2.24) is 20.6 Å². The van der Waals surface area contributed by atoms with Crippen molar-refractivity contribution in [3.8, 4) is 11.6 Å². The maximum atomic E-state index is 14.0.